The number of benzene rings is 1. The van der Waals surface area contributed by atoms with E-state index in [-0.39, 0.29) is 0 Å². The Hall–Kier alpha value is -1.75. The molecule has 1 atom stereocenters. The minimum Gasteiger partial charge on any atom is -0.494 e. The first-order chi connectivity index (χ1) is 11.1. The molecule has 0 radical (unpaired) electrons. The average Bonchev–Trinajstić information content (AvgIpc) is 2.95. The van der Waals surface area contributed by atoms with Crippen molar-refractivity contribution >= 4 is 5.96 Å². The van der Waals surface area contributed by atoms with Crippen molar-refractivity contribution in [2.75, 3.05) is 47.4 Å². The van der Waals surface area contributed by atoms with Crippen molar-refractivity contribution in [3.05, 3.63) is 29.8 Å². The Labute approximate surface area is 140 Å². The lowest BCUT2D eigenvalue weighted by atomic mass is 10.1. The van der Waals surface area contributed by atoms with Gasteiger partial charge in [0, 0.05) is 33.7 Å². The molecule has 0 bridgehead atoms. The molecule has 1 heterocycles. The fourth-order valence-electron chi connectivity index (χ4n) is 3.02. The van der Waals surface area contributed by atoms with Crippen molar-refractivity contribution in [3.8, 4) is 5.75 Å². The van der Waals surface area contributed by atoms with Gasteiger partial charge in [0.2, 0.25) is 0 Å². The number of nitrogens with zero attached hydrogens (tertiary/aromatic N) is 3. The van der Waals surface area contributed by atoms with E-state index in [1.807, 2.05) is 26.1 Å². The number of hydrogen-bond donors (Lipinski definition) is 1. The molecule has 0 aromatic heterocycles. The quantitative estimate of drug-likeness (QED) is 0.644. The van der Waals surface area contributed by atoms with E-state index in [0.29, 0.717) is 6.61 Å². The predicted octanol–water partition coefficient (Wildman–Crippen LogP) is 2.04. The fraction of sp³-hybridized carbons (Fsp3) is 0.611. The van der Waals surface area contributed by atoms with Gasteiger partial charge in [-0.15, -0.1) is 0 Å². The Morgan fingerprint density at radius 2 is 2.13 bits per heavy atom. The molecule has 1 N–H and O–H groups in total. The first kappa shape index (κ1) is 17.6. The molecule has 0 saturated carbocycles. The van der Waals surface area contributed by atoms with Gasteiger partial charge in [-0.25, -0.2) is 0 Å². The highest BCUT2D eigenvalue weighted by Crippen LogP contribution is 2.14. The molecular formula is C18H30N4O. The highest BCUT2D eigenvalue weighted by Gasteiger charge is 2.19. The van der Waals surface area contributed by atoms with Gasteiger partial charge in [-0.1, -0.05) is 12.1 Å². The minimum absolute atomic E-state index is 0.701. The molecule has 1 aromatic rings. The Balaban J connectivity index is 1.83. The number of ether oxygens (including phenoxy) is 1. The average molecular weight is 318 g/mol. The summed E-state index contributed by atoms with van der Waals surface area (Å²) in [5.41, 5.74) is 1.25. The molecule has 2 rings (SSSR count). The zero-order chi connectivity index (χ0) is 16.7. The van der Waals surface area contributed by atoms with Crippen LogP contribution >= 0.6 is 0 Å². The summed E-state index contributed by atoms with van der Waals surface area (Å²) in [4.78, 5) is 8.95. The number of likely N-dealkylation sites (tertiary alicyclic amines) is 1. The third kappa shape index (κ3) is 5.43. The van der Waals surface area contributed by atoms with Crippen LogP contribution in [0.2, 0.25) is 0 Å². The summed E-state index contributed by atoms with van der Waals surface area (Å²) < 4.78 is 5.48. The maximum atomic E-state index is 5.48. The SMILES string of the molecule is CCOc1ccc(CN(C)C(=NC)NCC2CCN(C)C2)cc1. The van der Waals surface area contributed by atoms with Crippen molar-refractivity contribution in [3.63, 3.8) is 0 Å². The van der Waals surface area contributed by atoms with Crippen LogP contribution < -0.4 is 10.1 Å². The highest BCUT2D eigenvalue weighted by molar-refractivity contribution is 5.79. The van der Waals surface area contributed by atoms with Gasteiger partial charge < -0.3 is 19.9 Å². The lowest BCUT2D eigenvalue weighted by Gasteiger charge is -2.23. The highest BCUT2D eigenvalue weighted by atomic mass is 16.5. The maximum absolute atomic E-state index is 5.48. The van der Waals surface area contributed by atoms with Gasteiger partial charge in [0.25, 0.3) is 0 Å². The zero-order valence-corrected chi connectivity index (χ0v) is 14.9. The summed E-state index contributed by atoms with van der Waals surface area (Å²) >= 11 is 0. The third-order valence-electron chi connectivity index (χ3n) is 4.27. The van der Waals surface area contributed by atoms with Gasteiger partial charge in [0.15, 0.2) is 5.96 Å². The third-order valence-corrected chi connectivity index (χ3v) is 4.27. The molecule has 1 saturated heterocycles. The van der Waals surface area contributed by atoms with Crippen LogP contribution in [0.1, 0.15) is 18.9 Å². The Morgan fingerprint density at radius 1 is 1.39 bits per heavy atom. The second kappa shape index (κ2) is 8.77. The van der Waals surface area contributed by atoms with Crippen molar-refractivity contribution < 1.29 is 4.74 Å². The standard InChI is InChI=1S/C18H30N4O/c1-5-23-17-8-6-15(7-9-17)14-22(4)18(19-2)20-12-16-10-11-21(3)13-16/h6-9,16H,5,10-14H2,1-4H3,(H,19,20). The van der Waals surface area contributed by atoms with Crippen LogP contribution in [-0.2, 0) is 6.54 Å². The monoisotopic (exact) mass is 318 g/mol. The van der Waals surface area contributed by atoms with E-state index >= 15 is 0 Å². The van der Waals surface area contributed by atoms with Gasteiger partial charge in [-0.05, 0) is 50.6 Å². The molecule has 5 heteroatoms. The summed E-state index contributed by atoms with van der Waals surface area (Å²) in [6.45, 7) is 6.90. The van der Waals surface area contributed by atoms with E-state index in [1.54, 1.807) is 0 Å². The van der Waals surface area contributed by atoms with E-state index in [1.165, 1.54) is 25.1 Å². The van der Waals surface area contributed by atoms with Crippen LogP contribution in [0.5, 0.6) is 5.75 Å². The van der Waals surface area contributed by atoms with Gasteiger partial charge >= 0.3 is 0 Å². The van der Waals surface area contributed by atoms with E-state index in [2.05, 4.69) is 46.3 Å². The fourth-order valence-corrected chi connectivity index (χ4v) is 3.02. The molecule has 128 valence electrons. The molecule has 0 spiro atoms. The molecule has 0 aliphatic carbocycles. The Kier molecular flexibility index (Phi) is 6.71. The van der Waals surface area contributed by atoms with Gasteiger partial charge in [-0.3, -0.25) is 4.99 Å². The molecule has 5 nitrogen and oxygen atoms in total. The van der Waals surface area contributed by atoms with Gasteiger partial charge in [0.05, 0.1) is 6.61 Å². The van der Waals surface area contributed by atoms with Gasteiger partial charge in [0.1, 0.15) is 5.75 Å². The minimum atomic E-state index is 0.701. The lowest BCUT2D eigenvalue weighted by molar-refractivity contribution is 0.340. The van der Waals surface area contributed by atoms with E-state index in [4.69, 9.17) is 4.74 Å². The molecule has 23 heavy (non-hydrogen) atoms. The van der Waals surface area contributed by atoms with Crippen LogP contribution in [0.4, 0.5) is 0 Å². The normalized spacial score (nSPS) is 19.0. The Bertz CT molecular complexity index is 500. The topological polar surface area (TPSA) is 40.1 Å². The van der Waals surface area contributed by atoms with Gasteiger partial charge in [-0.2, -0.15) is 0 Å². The first-order valence-corrected chi connectivity index (χ1v) is 8.44. The van der Waals surface area contributed by atoms with Crippen molar-refractivity contribution in [1.82, 2.24) is 15.1 Å². The number of hydrogen-bond acceptors (Lipinski definition) is 3. The number of guanidine groups is 1. The van der Waals surface area contributed by atoms with Crippen LogP contribution in [0.15, 0.2) is 29.3 Å². The molecule has 1 aliphatic heterocycles. The van der Waals surface area contributed by atoms with Crippen molar-refractivity contribution in [1.29, 1.82) is 0 Å². The van der Waals surface area contributed by atoms with E-state index in [0.717, 1.165) is 30.7 Å². The largest absolute Gasteiger partial charge is 0.494 e. The van der Waals surface area contributed by atoms with Crippen LogP contribution in [0, 0.1) is 5.92 Å². The summed E-state index contributed by atoms with van der Waals surface area (Å²) in [6.07, 6.45) is 1.27. The number of rotatable bonds is 6. The smallest absolute Gasteiger partial charge is 0.193 e. The zero-order valence-electron chi connectivity index (χ0n) is 14.9. The van der Waals surface area contributed by atoms with Crippen molar-refractivity contribution in [2.24, 2.45) is 10.9 Å². The number of aliphatic imine (C=N–C) groups is 1. The van der Waals surface area contributed by atoms with Crippen LogP contribution in [-0.4, -0.2) is 63.1 Å². The van der Waals surface area contributed by atoms with Crippen molar-refractivity contribution in [2.45, 2.75) is 19.9 Å². The lowest BCUT2D eigenvalue weighted by Crippen LogP contribution is -2.41. The molecule has 1 fully saturated rings. The summed E-state index contributed by atoms with van der Waals surface area (Å²) in [6, 6.07) is 8.27. The maximum Gasteiger partial charge on any atom is 0.193 e. The second-order valence-corrected chi connectivity index (χ2v) is 6.28. The summed E-state index contributed by atoms with van der Waals surface area (Å²) in [5, 5.41) is 3.51. The number of nitrogens with one attached hydrogen (secondary N) is 1. The van der Waals surface area contributed by atoms with E-state index < -0.39 is 0 Å². The summed E-state index contributed by atoms with van der Waals surface area (Å²) in [7, 11) is 6.11. The first-order valence-electron chi connectivity index (χ1n) is 8.44. The second-order valence-electron chi connectivity index (χ2n) is 6.28. The molecular weight excluding hydrogens is 288 g/mol. The van der Waals surface area contributed by atoms with Crippen LogP contribution in [0.3, 0.4) is 0 Å². The molecule has 1 unspecified atom stereocenters. The molecule has 1 aromatic carbocycles. The van der Waals surface area contributed by atoms with E-state index in [9.17, 15) is 0 Å². The summed E-state index contributed by atoms with van der Waals surface area (Å²) in [5.74, 6) is 2.59. The van der Waals surface area contributed by atoms with Crippen LogP contribution in [0.25, 0.3) is 0 Å². The molecule has 1 aliphatic rings. The Morgan fingerprint density at radius 3 is 2.70 bits per heavy atom. The predicted molar refractivity (Wildman–Crippen MR) is 96.0 cm³/mol. The molecule has 0 amide bonds.